The van der Waals surface area contributed by atoms with Crippen LogP contribution in [0.25, 0.3) is 55.6 Å². The maximum atomic E-state index is 13.5. The Morgan fingerprint density at radius 1 is 0.241 bits per heavy atom. The zero-order chi connectivity index (χ0) is 77.7. The van der Waals surface area contributed by atoms with E-state index in [2.05, 4.69) is 67.6 Å². The third kappa shape index (κ3) is 7.10. The summed E-state index contributed by atoms with van der Waals surface area (Å²) < 4.78 is 0. The summed E-state index contributed by atoms with van der Waals surface area (Å²) in [5.41, 5.74) is 15.8. The van der Waals surface area contributed by atoms with Gasteiger partial charge < -0.3 is 51.1 Å². The van der Waals surface area contributed by atoms with E-state index in [9.17, 15) is 99.0 Å². The largest absolute Gasteiger partial charge is 0.481 e. The molecule has 0 aliphatic heterocycles. The normalized spacial score (nSPS) is 23.6. The molecule has 0 heterocycles. The summed E-state index contributed by atoms with van der Waals surface area (Å²) in [6, 6.07) is 57.6. The van der Waals surface area contributed by atoms with Gasteiger partial charge in [0.25, 0.3) is 0 Å². The number of allylic oxidation sites excluding steroid dienone is 4. The van der Waals surface area contributed by atoms with Gasteiger partial charge in [0.2, 0.25) is 0 Å². The Bertz CT molecular complexity index is 6060. The van der Waals surface area contributed by atoms with E-state index >= 15 is 0 Å². The first kappa shape index (κ1) is 66.6. The average Bonchev–Trinajstić information content (AvgIpc) is 1.39. The van der Waals surface area contributed by atoms with Gasteiger partial charge in [-0.15, -0.1) is 0 Å². The van der Waals surface area contributed by atoms with E-state index < -0.39 is 154 Å². The first-order valence-electron chi connectivity index (χ1n) is 36.9. The highest BCUT2D eigenvalue weighted by Crippen LogP contribution is 2.93. The molecule has 0 amide bonds. The number of hydrogen-bond donors (Lipinski definition) is 10. The summed E-state index contributed by atoms with van der Waals surface area (Å²) in [6.07, 6.45) is -3.52. The topological polar surface area (TPSA) is 373 Å². The first-order valence-corrected chi connectivity index (χ1v) is 36.9. The van der Waals surface area contributed by atoms with Gasteiger partial charge in [-0.05, 0) is 196 Å². The predicted molar refractivity (Wildman–Crippen MR) is 399 cm³/mol. The van der Waals surface area contributed by atoms with Crippen molar-refractivity contribution in [3.63, 3.8) is 0 Å². The Labute approximate surface area is 634 Å². The second-order valence-corrected chi connectivity index (χ2v) is 31.6. The Kier molecular flexibility index (Phi) is 12.7. The van der Waals surface area contributed by atoms with E-state index in [-0.39, 0.29) is 34.2 Å². The highest BCUT2D eigenvalue weighted by molar-refractivity contribution is 6.15. The highest BCUT2D eigenvalue weighted by Gasteiger charge is 2.86. The summed E-state index contributed by atoms with van der Waals surface area (Å²) in [5.74, 6) is -21.0. The molecule has 10 aromatic rings. The number of rotatable bonds is 26. The SMILES string of the molecule is CC[C@]12C3=C4C5=C1[C@@]1(c6ccc(C(CC(=O)O)C(=O)O)cc6)c6c7ccc8c6[C@]5(c5ccc(C(CC(=O)O)C(=O)O)cc5)c5c-8ccc6c5[C@]4(c4ccc(C(CC(=O)O)C(=O)O)cc4)c4c-6ccc5c4[C@]3(c3ccc(C(CC(=O)O)C(=O)O)cc3)c3c-5ccc4c3[C@]2(c2ccc(C(CC(=O)O)C(=O)O)cc2)c2c-4ccc-7c21. The second-order valence-electron chi connectivity index (χ2n) is 31.6. The lowest BCUT2D eigenvalue weighted by molar-refractivity contribution is -0.145. The second kappa shape index (κ2) is 21.4. The molecule has 10 aromatic carbocycles. The van der Waals surface area contributed by atoms with Crippen LogP contribution in [0.4, 0.5) is 0 Å². The van der Waals surface area contributed by atoms with Crippen molar-refractivity contribution in [2.24, 2.45) is 5.41 Å². The quantitative estimate of drug-likeness (QED) is 0.0241. The molecule has 20 heteroatoms. The van der Waals surface area contributed by atoms with E-state index in [4.69, 9.17) is 0 Å². The molecule has 11 aliphatic carbocycles. The van der Waals surface area contributed by atoms with Crippen molar-refractivity contribution in [3.05, 3.63) is 316 Å². The molecule has 112 heavy (non-hydrogen) atoms. The number of carbonyl (C=O) groups is 10. The van der Waals surface area contributed by atoms with Crippen LogP contribution in [0.1, 0.15) is 186 Å². The van der Waals surface area contributed by atoms with Crippen LogP contribution in [0.15, 0.2) is 204 Å². The summed E-state index contributed by atoms with van der Waals surface area (Å²) >= 11 is 0. The first-order chi connectivity index (χ1) is 53.7. The van der Waals surface area contributed by atoms with E-state index in [1.807, 2.05) is 60.7 Å². The van der Waals surface area contributed by atoms with Gasteiger partial charge in [-0.1, -0.05) is 189 Å². The fraction of sp³-hybridized carbons (Fsp3) is 0.196. The van der Waals surface area contributed by atoms with Crippen LogP contribution in [0.2, 0.25) is 0 Å². The Balaban J connectivity index is 1.04. The van der Waals surface area contributed by atoms with Crippen LogP contribution < -0.4 is 0 Å². The molecular formula is C92H60O20. The van der Waals surface area contributed by atoms with Gasteiger partial charge in [0.05, 0.1) is 88.8 Å². The predicted octanol–water partition coefficient (Wildman–Crippen LogP) is 13.8. The molecule has 20 nitrogen and oxygen atoms in total. The molecule has 11 atom stereocenters. The van der Waals surface area contributed by atoms with Crippen LogP contribution in [0.3, 0.4) is 0 Å². The molecule has 0 radical (unpaired) electrons. The molecule has 0 bridgehead atoms. The van der Waals surface area contributed by atoms with Gasteiger partial charge in [0.15, 0.2) is 0 Å². The Morgan fingerprint density at radius 2 is 0.420 bits per heavy atom. The third-order valence-corrected chi connectivity index (χ3v) is 27.6. The lowest BCUT2D eigenvalue weighted by Crippen LogP contribution is -2.63. The lowest BCUT2D eigenvalue weighted by Gasteiger charge is -2.66. The van der Waals surface area contributed by atoms with Gasteiger partial charge in [-0.2, -0.15) is 0 Å². The van der Waals surface area contributed by atoms with Crippen molar-refractivity contribution in [3.8, 4) is 55.6 Å². The van der Waals surface area contributed by atoms with Crippen LogP contribution in [-0.4, -0.2) is 111 Å². The van der Waals surface area contributed by atoms with Gasteiger partial charge >= 0.3 is 59.7 Å². The summed E-state index contributed by atoms with van der Waals surface area (Å²) in [7, 11) is 0. The van der Waals surface area contributed by atoms with Crippen molar-refractivity contribution in [2.75, 3.05) is 0 Å². The fourth-order valence-electron chi connectivity index (χ4n) is 24.5. The molecule has 21 rings (SSSR count). The van der Waals surface area contributed by atoms with Crippen LogP contribution in [0, 0.1) is 5.41 Å². The standard InChI is InChI=1S/C92H60O20/c1-2-87-80-78-79-81(87)91(46-19-9-41(10-20-46)61(85(109)110)36-66(99)100)73-53-28-26-51-49-24-23-48-50-25-27-52-54-29-31-56-57-32-30-55(53)75(91)77(57)92(87,47-21-11-42(12-22-47)62(86(111)112)37-67(101)102)76(56)74(54)90(80,45-17-7-40(8-18-45)60(84(107)108)35-65(97)98)72(52)70(50)88(78,43-13-3-38(4-14-43)58(82(103)104)33-63(93)94)68(48)69(49)89(79,71(51)73)44-15-5-39(6-16-44)59(83(105)106)34-64(95)96/h3-32,58-62H,2,33-37H2,1H3,(H,93,94)(H,95,96)(H,97,98)(H,99,100)(H,101,102)(H,103,104)(H,105,106)(H,107,108)(H,109,110)(H,111,112)/t58?,59?,60?,61?,62?,87-,88+,89-,90+,91-,92+. The van der Waals surface area contributed by atoms with Gasteiger partial charge in [-0.25, -0.2) is 0 Å². The van der Waals surface area contributed by atoms with Crippen LogP contribution in [0.5, 0.6) is 0 Å². The third-order valence-electron chi connectivity index (χ3n) is 27.6. The highest BCUT2D eigenvalue weighted by atomic mass is 16.4. The molecule has 0 fully saturated rings. The number of aliphatic carboxylic acids is 10. The number of benzene rings is 10. The minimum Gasteiger partial charge on any atom is -0.481 e. The lowest BCUT2D eigenvalue weighted by atomic mass is 9.34. The number of hydrogen-bond acceptors (Lipinski definition) is 10. The molecule has 0 saturated carbocycles. The van der Waals surface area contributed by atoms with E-state index in [0.29, 0.717) is 27.8 Å². The number of fused-ring (bicyclic) bond motifs is 5. The molecule has 0 spiro atoms. The maximum Gasteiger partial charge on any atom is 0.311 e. The molecule has 11 aliphatic rings. The maximum absolute atomic E-state index is 13.5. The van der Waals surface area contributed by atoms with E-state index in [1.54, 1.807) is 60.7 Å². The van der Waals surface area contributed by atoms with E-state index in [0.717, 1.165) is 134 Å². The van der Waals surface area contributed by atoms with Crippen LogP contribution >= 0.6 is 0 Å². The fourth-order valence-corrected chi connectivity index (χ4v) is 24.5. The zero-order valence-electron chi connectivity index (χ0n) is 59.0. The van der Waals surface area contributed by atoms with E-state index in [1.165, 1.54) is 0 Å². The minimum absolute atomic E-state index is 0.209. The molecule has 0 saturated heterocycles. The van der Waals surface area contributed by atoms with Crippen LogP contribution in [-0.2, 0) is 75.0 Å². The van der Waals surface area contributed by atoms with Gasteiger partial charge in [0, 0.05) is 5.41 Å². The van der Waals surface area contributed by atoms with Crippen molar-refractivity contribution in [2.45, 2.75) is 102 Å². The Morgan fingerprint density at radius 3 is 0.616 bits per heavy atom. The number of carboxylic acid groups (broad SMARTS) is 10. The average molecular weight is 1490 g/mol. The molecular weight excluding hydrogens is 1420 g/mol. The minimum atomic E-state index is -1.51. The summed E-state index contributed by atoms with van der Waals surface area (Å²) in [6.45, 7) is 2.16. The molecule has 10 N–H and O–H groups in total. The number of carboxylic acids is 10. The molecule has 548 valence electrons. The summed E-state index contributed by atoms with van der Waals surface area (Å²) in [4.78, 5) is 131. The summed E-state index contributed by atoms with van der Waals surface area (Å²) in [5, 5.41) is 107. The molecule has 0 aromatic heterocycles. The van der Waals surface area contributed by atoms with Gasteiger partial charge in [0.1, 0.15) is 0 Å². The van der Waals surface area contributed by atoms with Crippen molar-refractivity contribution >= 4 is 59.7 Å². The zero-order valence-corrected chi connectivity index (χ0v) is 59.0. The smallest absolute Gasteiger partial charge is 0.311 e. The molecule has 5 unspecified atom stereocenters. The monoisotopic (exact) mass is 1480 g/mol. The van der Waals surface area contributed by atoms with Crippen molar-refractivity contribution < 1.29 is 99.0 Å². The van der Waals surface area contributed by atoms with Crippen molar-refractivity contribution in [1.82, 2.24) is 0 Å². The van der Waals surface area contributed by atoms with Gasteiger partial charge in [-0.3, -0.25) is 47.9 Å². The Hall–Kier alpha value is -13.6. The van der Waals surface area contributed by atoms with Crippen molar-refractivity contribution in [1.29, 1.82) is 0 Å².